The van der Waals surface area contributed by atoms with Crippen LogP contribution in [0.3, 0.4) is 0 Å². The Morgan fingerprint density at radius 3 is 2.61 bits per heavy atom. The largest absolute Gasteiger partial charge is 0.490 e. The van der Waals surface area contributed by atoms with Crippen LogP contribution in [0.1, 0.15) is 39.5 Å². The molecule has 0 radical (unpaired) electrons. The molecule has 1 aromatic rings. The van der Waals surface area contributed by atoms with Gasteiger partial charge in [-0.25, -0.2) is 4.79 Å². The Labute approximate surface area is 143 Å². The zero-order chi connectivity index (χ0) is 16.9. The molecule has 3 nitrogen and oxygen atoms in total. The normalized spacial score (nSPS) is 11.7. The lowest BCUT2D eigenvalue weighted by Gasteiger charge is -2.06. The topological polar surface area (TPSA) is 35.5 Å². The van der Waals surface area contributed by atoms with E-state index in [1.54, 1.807) is 24.3 Å². The molecule has 0 atom stereocenters. The number of carbonyl (C=O) groups is 1. The molecule has 1 rings (SSSR count). The summed E-state index contributed by atoms with van der Waals surface area (Å²) in [5, 5.41) is 0.659. The molecule has 1 aromatic carbocycles. The molecule has 126 valence electrons. The van der Waals surface area contributed by atoms with Crippen LogP contribution in [-0.4, -0.2) is 19.2 Å². The molecule has 0 unspecified atom stereocenters. The van der Waals surface area contributed by atoms with Crippen molar-refractivity contribution in [2.24, 2.45) is 0 Å². The molecule has 0 aliphatic rings. The summed E-state index contributed by atoms with van der Waals surface area (Å²) < 4.78 is 10.6. The molecule has 0 N–H and O–H groups in total. The molecule has 0 aliphatic heterocycles. The van der Waals surface area contributed by atoms with Gasteiger partial charge in [-0.3, -0.25) is 0 Å². The highest BCUT2D eigenvalue weighted by molar-refractivity contribution is 6.30. The molecule has 0 aromatic heterocycles. The third-order valence-corrected chi connectivity index (χ3v) is 3.36. The zero-order valence-corrected chi connectivity index (χ0v) is 14.6. The molecular weight excluding hydrogens is 312 g/mol. The van der Waals surface area contributed by atoms with Gasteiger partial charge in [-0.1, -0.05) is 43.5 Å². The highest BCUT2D eigenvalue weighted by Gasteiger charge is 1.99. The second-order valence-electron chi connectivity index (χ2n) is 5.26. The maximum Gasteiger partial charge on any atom is 0.331 e. The highest BCUT2D eigenvalue weighted by Crippen LogP contribution is 2.15. The van der Waals surface area contributed by atoms with Crippen molar-refractivity contribution in [1.82, 2.24) is 0 Å². The van der Waals surface area contributed by atoms with Gasteiger partial charge in [0.1, 0.15) is 19.0 Å². The summed E-state index contributed by atoms with van der Waals surface area (Å²) in [6.07, 6.45) is 10.2. The van der Waals surface area contributed by atoms with E-state index in [2.05, 4.69) is 13.0 Å². The van der Waals surface area contributed by atoms with Crippen LogP contribution in [0.4, 0.5) is 0 Å². The number of allylic oxidation sites excluding steroid dienone is 3. The molecule has 0 heterocycles. The van der Waals surface area contributed by atoms with Crippen LogP contribution in [-0.2, 0) is 9.53 Å². The third kappa shape index (κ3) is 9.80. The summed E-state index contributed by atoms with van der Waals surface area (Å²) in [6, 6.07) is 7.05. The summed E-state index contributed by atoms with van der Waals surface area (Å²) in [6.45, 7) is 4.60. The van der Waals surface area contributed by atoms with Gasteiger partial charge in [0, 0.05) is 11.1 Å². The predicted molar refractivity (Wildman–Crippen MR) is 94.9 cm³/mol. The SMILES string of the molecule is CCCCC/C=C/C(C)=C/C(=O)OCCOc1ccc(Cl)cc1. The quantitative estimate of drug-likeness (QED) is 0.250. The Kier molecular flexibility index (Phi) is 9.89. The Morgan fingerprint density at radius 2 is 1.91 bits per heavy atom. The van der Waals surface area contributed by atoms with Crippen LogP contribution in [0.5, 0.6) is 5.75 Å². The van der Waals surface area contributed by atoms with Gasteiger partial charge < -0.3 is 9.47 Å². The van der Waals surface area contributed by atoms with Crippen molar-refractivity contribution in [2.75, 3.05) is 13.2 Å². The van der Waals surface area contributed by atoms with Gasteiger partial charge in [0.05, 0.1) is 0 Å². The van der Waals surface area contributed by atoms with Crippen LogP contribution >= 0.6 is 11.6 Å². The first kappa shape index (κ1) is 19.3. The van der Waals surface area contributed by atoms with E-state index in [1.807, 2.05) is 13.0 Å². The minimum atomic E-state index is -0.347. The number of carbonyl (C=O) groups excluding carboxylic acids is 1. The average molecular weight is 337 g/mol. The monoisotopic (exact) mass is 336 g/mol. The van der Waals surface area contributed by atoms with Crippen LogP contribution in [0.15, 0.2) is 48.1 Å². The van der Waals surface area contributed by atoms with Gasteiger partial charge in [-0.15, -0.1) is 0 Å². The maximum absolute atomic E-state index is 11.6. The molecule has 0 spiro atoms. The van der Waals surface area contributed by atoms with Crippen LogP contribution < -0.4 is 4.74 Å². The van der Waals surface area contributed by atoms with Crippen molar-refractivity contribution in [3.63, 3.8) is 0 Å². The maximum atomic E-state index is 11.6. The number of hydrogen-bond donors (Lipinski definition) is 0. The summed E-state index contributed by atoms with van der Waals surface area (Å²) in [7, 11) is 0. The number of rotatable bonds is 10. The fraction of sp³-hybridized carbons (Fsp3) is 0.421. The lowest BCUT2D eigenvalue weighted by atomic mass is 10.1. The van der Waals surface area contributed by atoms with E-state index in [9.17, 15) is 4.79 Å². The van der Waals surface area contributed by atoms with Crippen molar-refractivity contribution in [3.05, 3.63) is 53.1 Å². The fourth-order valence-corrected chi connectivity index (χ4v) is 2.02. The number of halogens is 1. The van der Waals surface area contributed by atoms with Crippen LogP contribution in [0.2, 0.25) is 5.02 Å². The van der Waals surface area contributed by atoms with E-state index < -0.39 is 0 Å². The van der Waals surface area contributed by atoms with E-state index in [1.165, 1.54) is 25.3 Å². The van der Waals surface area contributed by atoms with Crippen molar-refractivity contribution < 1.29 is 14.3 Å². The molecule has 0 fully saturated rings. The number of esters is 1. The molecule has 23 heavy (non-hydrogen) atoms. The summed E-state index contributed by atoms with van der Waals surface area (Å²) in [5.74, 6) is 0.354. The van der Waals surface area contributed by atoms with E-state index >= 15 is 0 Å². The lowest BCUT2D eigenvalue weighted by Crippen LogP contribution is -2.10. The first-order valence-electron chi connectivity index (χ1n) is 8.01. The molecule has 0 aliphatic carbocycles. The minimum Gasteiger partial charge on any atom is -0.490 e. The average Bonchev–Trinajstić information content (AvgIpc) is 2.53. The van der Waals surface area contributed by atoms with Crippen molar-refractivity contribution >= 4 is 17.6 Å². The summed E-state index contributed by atoms with van der Waals surface area (Å²) >= 11 is 5.79. The third-order valence-electron chi connectivity index (χ3n) is 3.11. The predicted octanol–water partition coefficient (Wildman–Crippen LogP) is 5.34. The first-order valence-corrected chi connectivity index (χ1v) is 8.39. The van der Waals surface area contributed by atoms with Crippen LogP contribution in [0.25, 0.3) is 0 Å². The van der Waals surface area contributed by atoms with Gasteiger partial charge in [0.25, 0.3) is 0 Å². The number of benzene rings is 1. The minimum absolute atomic E-state index is 0.214. The van der Waals surface area contributed by atoms with Gasteiger partial charge in [0.15, 0.2) is 0 Å². The number of hydrogen-bond acceptors (Lipinski definition) is 3. The first-order chi connectivity index (χ1) is 11.1. The molecule has 0 saturated heterocycles. The summed E-state index contributed by atoms with van der Waals surface area (Å²) in [5.41, 5.74) is 0.894. The molecule has 0 bridgehead atoms. The molecule has 0 saturated carbocycles. The molecule has 0 amide bonds. The Morgan fingerprint density at radius 1 is 1.17 bits per heavy atom. The molecular formula is C19H25ClO3. The van der Waals surface area contributed by atoms with E-state index in [0.29, 0.717) is 17.4 Å². The van der Waals surface area contributed by atoms with Gasteiger partial charge in [-0.05, 0) is 49.6 Å². The van der Waals surface area contributed by atoms with Gasteiger partial charge in [-0.2, -0.15) is 0 Å². The highest BCUT2D eigenvalue weighted by atomic mass is 35.5. The Hall–Kier alpha value is -1.74. The van der Waals surface area contributed by atoms with Crippen LogP contribution in [0, 0.1) is 0 Å². The van der Waals surface area contributed by atoms with Crippen molar-refractivity contribution in [2.45, 2.75) is 39.5 Å². The number of ether oxygens (including phenoxy) is 2. The Bertz CT molecular complexity index is 518. The molecule has 4 heteroatoms. The second-order valence-corrected chi connectivity index (χ2v) is 5.69. The lowest BCUT2D eigenvalue weighted by molar-refractivity contribution is -0.138. The second kappa shape index (κ2) is 11.8. The zero-order valence-electron chi connectivity index (χ0n) is 13.9. The Balaban J connectivity index is 2.19. The standard InChI is InChI=1S/C19H25ClO3/c1-3-4-5-6-7-8-16(2)15-19(21)23-14-13-22-18-11-9-17(20)10-12-18/h7-12,15H,3-6,13-14H2,1-2H3/b8-7+,16-15+. The van der Waals surface area contributed by atoms with E-state index in [0.717, 1.165) is 12.0 Å². The smallest absolute Gasteiger partial charge is 0.331 e. The van der Waals surface area contributed by atoms with E-state index in [4.69, 9.17) is 21.1 Å². The van der Waals surface area contributed by atoms with Gasteiger partial charge >= 0.3 is 5.97 Å². The van der Waals surface area contributed by atoms with E-state index in [-0.39, 0.29) is 12.6 Å². The van der Waals surface area contributed by atoms with Crippen molar-refractivity contribution in [3.8, 4) is 5.75 Å². The number of unbranched alkanes of at least 4 members (excludes halogenated alkanes) is 3. The fourth-order valence-electron chi connectivity index (χ4n) is 1.89. The summed E-state index contributed by atoms with van der Waals surface area (Å²) in [4.78, 5) is 11.6. The van der Waals surface area contributed by atoms with Crippen molar-refractivity contribution in [1.29, 1.82) is 0 Å². The van der Waals surface area contributed by atoms with Gasteiger partial charge in [0.2, 0.25) is 0 Å².